The minimum atomic E-state index is -1.25. The Labute approximate surface area is 153 Å². The Hall–Kier alpha value is -3.59. The van der Waals surface area contributed by atoms with Gasteiger partial charge in [0.15, 0.2) is 0 Å². The standard InChI is InChI=1S/C17H14N4O4S/c22-15(23)13-5-1-11(2-6-13)9-18-20-17(26)21-19-10-12-3-7-14(8-4-12)16(24)25/h1-10H,(H,22,23)(H,24,25)(H2,20,21,26)/p-2/b18-9-,19-10-. The first-order chi connectivity index (χ1) is 12.5. The number of benzene rings is 2. The third kappa shape index (κ3) is 5.80. The highest BCUT2D eigenvalue weighted by atomic mass is 32.1. The normalized spacial score (nSPS) is 10.8. The summed E-state index contributed by atoms with van der Waals surface area (Å²) in [5, 5.41) is 29.2. The Morgan fingerprint density at radius 2 is 1.12 bits per heavy atom. The van der Waals surface area contributed by atoms with Crippen molar-refractivity contribution in [2.45, 2.75) is 0 Å². The number of hydrogen-bond acceptors (Lipinski definition) is 7. The lowest BCUT2D eigenvalue weighted by atomic mass is 10.1. The van der Waals surface area contributed by atoms with Crippen LogP contribution in [0.15, 0.2) is 58.7 Å². The summed E-state index contributed by atoms with van der Waals surface area (Å²) < 4.78 is 0. The average molecular weight is 368 g/mol. The first kappa shape index (κ1) is 18.7. The fraction of sp³-hybridized carbons (Fsp3) is 0. The number of nitrogens with zero attached hydrogens (tertiary/aromatic N) is 2. The maximum absolute atomic E-state index is 10.6. The van der Waals surface area contributed by atoms with E-state index in [9.17, 15) is 19.8 Å². The maximum Gasteiger partial charge on any atom is 0.207 e. The molecule has 9 heteroatoms. The van der Waals surface area contributed by atoms with E-state index in [0.29, 0.717) is 11.1 Å². The van der Waals surface area contributed by atoms with Gasteiger partial charge in [-0.25, -0.2) is 0 Å². The number of hydrazone groups is 2. The van der Waals surface area contributed by atoms with Crippen LogP contribution < -0.4 is 21.1 Å². The van der Waals surface area contributed by atoms with Crippen LogP contribution in [0.5, 0.6) is 0 Å². The van der Waals surface area contributed by atoms with Crippen molar-refractivity contribution < 1.29 is 19.8 Å². The van der Waals surface area contributed by atoms with Gasteiger partial charge in [0, 0.05) is 0 Å². The van der Waals surface area contributed by atoms with Crippen LogP contribution in [0, 0.1) is 0 Å². The molecule has 0 bridgehead atoms. The maximum atomic E-state index is 10.6. The average Bonchev–Trinajstić information content (AvgIpc) is 2.62. The molecular weight excluding hydrogens is 356 g/mol. The zero-order valence-electron chi connectivity index (χ0n) is 13.2. The van der Waals surface area contributed by atoms with Gasteiger partial charge in [0.2, 0.25) is 5.11 Å². The molecule has 0 amide bonds. The van der Waals surface area contributed by atoms with Gasteiger partial charge in [-0.1, -0.05) is 48.5 Å². The van der Waals surface area contributed by atoms with E-state index in [2.05, 4.69) is 21.1 Å². The predicted molar refractivity (Wildman–Crippen MR) is 95.6 cm³/mol. The fourth-order valence-electron chi connectivity index (χ4n) is 1.77. The largest absolute Gasteiger partial charge is 0.545 e. The van der Waals surface area contributed by atoms with Gasteiger partial charge in [-0.05, 0) is 34.5 Å². The minimum absolute atomic E-state index is 0.0780. The third-order valence-electron chi connectivity index (χ3n) is 3.05. The molecule has 0 radical (unpaired) electrons. The van der Waals surface area contributed by atoms with Gasteiger partial charge >= 0.3 is 0 Å². The van der Waals surface area contributed by atoms with E-state index in [1.165, 1.54) is 36.7 Å². The number of carbonyl (C=O) groups is 2. The van der Waals surface area contributed by atoms with E-state index >= 15 is 0 Å². The summed E-state index contributed by atoms with van der Waals surface area (Å²) in [6.07, 6.45) is 2.91. The Morgan fingerprint density at radius 3 is 1.42 bits per heavy atom. The van der Waals surface area contributed by atoms with Gasteiger partial charge in [0.05, 0.1) is 24.4 Å². The van der Waals surface area contributed by atoms with Crippen LogP contribution in [0.1, 0.15) is 31.8 Å². The summed E-state index contributed by atoms with van der Waals surface area (Å²) >= 11 is 4.97. The van der Waals surface area contributed by atoms with Crippen LogP contribution in [-0.2, 0) is 0 Å². The molecule has 8 nitrogen and oxygen atoms in total. The van der Waals surface area contributed by atoms with E-state index in [1.54, 1.807) is 24.3 Å². The summed E-state index contributed by atoms with van der Waals surface area (Å²) in [5.41, 5.74) is 6.57. The van der Waals surface area contributed by atoms with Crippen LogP contribution in [0.2, 0.25) is 0 Å². The number of aromatic carboxylic acids is 2. The minimum Gasteiger partial charge on any atom is -0.545 e. The van der Waals surface area contributed by atoms with Gasteiger partial charge in [-0.2, -0.15) is 10.2 Å². The number of hydrogen-bond donors (Lipinski definition) is 2. The fourth-order valence-corrected chi connectivity index (χ4v) is 1.87. The summed E-state index contributed by atoms with van der Waals surface area (Å²) in [5.74, 6) is -2.49. The third-order valence-corrected chi connectivity index (χ3v) is 3.23. The Morgan fingerprint density at radius 1 is 0.769 bits per heavy atom. The molecule has 0 aliphatic heterocycles. The van der Waals surface area contributed by atoms with Crippen LogP contribution in [0.4, 0.5) is 0 Å². The van der Waals surface area contributed by atoms with Crippen molar-refractivity contribution >= 4 is 41.7 Å². The van der Waals surface area contributed by atoms with E-state index < -0.39 is 11.9 Å². The predicted octanol–water partition coefficient (Wildman–Crippen LogP) is -0.754. The zero-order chi connectivity index (χ0) is 18.9. The zero-order valence-corrected chi connectivity index (χ0v) is 14.0. The number of rotatable bonds is 6. The van der Waals surface area contributed by atoms with Crippen LogP contribution in [0.25, 0.3) is 0 Å². The van der Waals surface area contributed by atoms with Crippen molar-refractivity contribution in [3.63, 3.8) is 0 Å². The quantitative estimate of drug-likeness (QED) is 0.390. The highest BCUT2D eigenvalue weighted by molar-refractivity contribution is 7.80. The molecule has 0 saturated carbocycles. The number of carboxylic acids is 2. The first-order valence-corrected chi connectivity index (χ1v) is 7.61. The van der Waals surface area contributed by atoms with Gasteiger partial charge < -0.3 is 19.8 Å². The van der Waals surface area contributed by atoms with E-state index in [-0.39, 0.29) is 16.2 Å². The summed E-state index contributed by atoms with van der Waals surface area (Å²) in [6.45, 7) is 0. The van der Waals surface area contributed by atoms with Crippen molar-refractivity contribution in [1.82, 2.24) is 10.9 Å². The van der Waals surface area contributed by atoms with Gasteiger partial charge in [0.1, 0.15) is 0 Å². The smallest absolute Gasteiger partial charge is 0.207 e. The highest BCUT2D eigenvalue weighted by Gasteiger charge is 1.95. The van der Waals surface area contributed by atoms with Gasteiger partial charge in [-0.15, -0.1) is 0 Å². The van der Waals surface area contributed by atoms with E-state index in [4.69, 9.17) is 12.2 Å². The van der Waals surface area contributed by atoms with Crippen molar-refractivity contribution in [2.75, 3.05) is 0 Å². The molecule has 0 aliphatic rings. The van der Waals surface area contributed by atoms with E-state index in [0.717, 1.165) is 0 Å². The number of carbonyl (C=O) groups excluding carboxylic acids is 2. The van der Waals surface area contributed by atoms with Crippen LogP contribution in [-0.4, -0.2) is 29.5 Å². The summed E-state index contributed by atoms with van der Waals surface area (Å²) in [4.78, 5) is 21.3. The summed E-state index contributed by atoms with van der Waals surface area (Å²) in [6, 6.07) is 11.9. The molecule has 2 aromatic carbocycles. The number of carboxylic acid groups (broad SMARTS) is 2. The molecule has 2 aromatic rings. The first-order valence-electron chi connectivity index (χ1n) is 7.20. The Kier molecular flexibility index (Phi) is 6.52. The molecule has 2 N–H and O–H groups in total. The second-order valence-electron chi connectivity index (χ2n) is 4.89. The molecule has 0 spiro atoms. The van der Waals surface area contributed by atoms with Crippen LogP contribution in [0.3, 0.4) is 0 Å². The molecule has 0 atom stereocenters. The molecule has 26 heavy (non-hydrogen) atoms. The lowest BCUT2D eigenvalue weighted by molar-refractivity contribution is -0.256. The monoisotopic (exact) mass is 368 g/mol. The van der Waals surface area contributed by atoms with Crippen molar-refractivity contribution in [3.8, 4) is 0 Å². The summed E-state index contributed by atoms with van der Waals surface area (Å²) in [7, 11) is 0. The SMILES string of the molecule is O=C([O-])c1ccc(/C=N\NC(=S)N/N=C\c2ccc(C(=O)[O-])cc2)cc1. The molecule has 0 aromatic heterocycles. The van der Waals surface area contributed by atoms with Crippen molar-refractivity contribution in [2.24, 2.45) is 10.2 Å². The number of thiocarbonyl (C=S) groups is 1. The molecule has 0 unspecified atom stereocenters. The molecule has 132 valence electrons. The van der Waals surface area contributed by atoms with Crippen LogP contribution >= 0.6 is 12.2 Å². The molecule has 0 fully saturated rings. The van der Waals surface area contributed by atoms with Gasteiger partial charge in [-0.3, -0.25) is 10.9 Å². The molecule has 0 saturated heterocycles. The van der Waals surface area contributed by atoms with Crippen molar-refractivity contribution in [3.05, 3.63) is 70.8 Å². The number of nitrogens with one attached hydrogen (secondary N) is 2. The lowest BCUT2D eigenvalue weighted by Gasteiger charge is -2.03. The molecule has 2 rings (SSSR count). The second-order valence-corrected chi connectivity index (χ2v) is 5.30. The second kappa shape index (κ2) is 9.04. The van der Waals surface area contributed by atoms with E-state index in [1.807, 2.05) is 0 Å². The van der Waals surface area contributed by atoms with Gasteiger partial charge in [0.25, 0.3) is 0 Å². The molecule has 0 aliphatic carbocycles. The lowest BCUT2D eigenvalue weighted by Crippen LogP contribution is -2.28. The highest BCUT2D eigenvalue weighted by Crippen LogP contribution is 2.02. The molecule has 0 heterocycles. The molecular formula is C17H12N4O4S-2. The topological polar surface area (TPSA) is 129 Å². The Balaban J connectivity index is 1.81. The Bertz CT molecular complexity index is 790. The van der Waals surface area contributed by atoms with Crippen molar-refractivity contribution in [1.29, 1.82) is 0 Å².